The highest BCUT2D eigenvalue weighted by Crippen LogP contribution is 2.32. The van der Waals surface area contributed by atoms with E-state index in [4.69, 9.17) is 0 Å². The highest BCUT2D eigenvalue weighted by molar-refractivity contribution is 5.74. The summed E-state index contributed by atoms with van der Waals surface area (Å²) in [5.41, 5.74) is -0.352. The van der Waals surface area contributed by atoms with Crippen LogP contribution in [0, 0.1) is 5.41 Å². The van der Waals surface area contributed by atoms with Gasteiger partial charge < -0.3 is 9.47 Å². The lowest BCUT2D eigenvalue weighted by Gasteiger charge is -2.26. The van der Waals surface area contributed by atoms with E-state index in [9.17, 15) is 9.59 Å². The number of carbonyl (C=O) groups is 2. The Bertz CT molecular complexity index is 205. The summed E-state index contributed by atoms with van der Waals surface area (Å²) in [5.74, 6) is -0.565. The summed E-state index contributed by atoms with van der Waals surface area (Å²) in [4.78, 5) is 22.4. The first-order chi connectivity index (χ1) is 6.97. The van der Waals surface area contributed by atoms with Gasteiger partial charge in [0, 0.05) is 0 Å². The fourth-order valence-electron chi connectivity index (χ4n) is 1.68. The van der Waals surface area contributed by atoms with Gasteiger partial charge in [-0.1, -0.05) is 20.3 Å². The van der Waals surface area contributed by atoms with Crippen LogP contribution in [-0.4, -0.2) is 26.2 Å². The van der Waals surface area contributed by atoms with Crippen LogP contribution in [0.5, 0.6) is 0 Å². The summed E-state index contributed by atoms with van der Waals surface area (Å²) in [6.07, 6.45) is 2.24. The van der Waals surface area contributed by atoms with Gasteiger partial charge in [-0.15, -0.1) is 0 Å². The molecule has 0 bridgehead atoms. The van der Waals surface area contributed by atoms with E-state index in [1.807, 2.05) is 13.8 Å². The Labute approximate surface area is 90.9 Å². The summed E-state index contributed by atoms with van der Waals surface area (Å²) in [7, 11) is 2.71. The number of hydrogen-bond acceptors (Lipinski definition) is 4. The SMILES string of the molecule is CCCC(C)(CC(=O)OC)CC(=O)OC. The van der Waals surface area contributed by atoms with Crippen LogP contribution in [0.4, 0.5) is 0 Å². The van der Waals surface area contributed by atoms with Crippen molar-refractivity contribution in [3.8, 4) is 0 Å². The van der Waals surface area contributed by atoms with Crippen molar-refractivity contribution in [1.29, 1.82) is 0 Å². The molecule has 0 unspecified atom stereocenters. The predicted molar refractivity (Wildman–Crippen MR) is 56.3 cm³/mol. The molecule has 0 aliphatic heterocycles. The minimum atomic E-state index is -0.352. The molecular formula is C11H20O4. The third kappa shape index (κ3) is 5.40. The maximum absolute atomic E-state index is 11.2. The molecule has 0 spiro atoms. The molecule has 0 aromatic rings. The molecule has 0 fully saturated rings. The number of ether oxygens (including phenoxy) is 2. The van der Waals surface area contributed by atoms with Gasteiger partial charge in [0.1, 0.15) is 0 Å². The van der Waals surface area contributed by atoms with Gasteiger partial charge in [-0.25, -0.2) is 0 Å². The zero-order chi connectivity index (χ0) is 11.9. The summed E-state index contributed by atoms with van der Waals surface area (Å²) in [6, 6.07) is 0. The van der Waals surface area contributed by atoms with Crippen LogP contribution in [0.25, 0.3) is 0 Å². The molecule has 0 atom stereocenters. The summed E-state index contributed by atoms with van der Waals surface area (Å²) in [6.45, 7) is 3.93. The topological polar surface area (TPSA) is 52.6 Å². The van der Waals surface area contributed by atoms with Gasteiger partial charge in [0.15, 0.2) is 0 Å². The quantitative estimate of drug-likeness (QED) is 0.636. The molecule has 0 amide bonds. The van der Waals surface area contributed by atoms with E-state index in [-0.39, 0.29) is 30.2 Å². The van der Waals surface area contributed by atoms with E-state index in [1.54, 1.807) is 0 Å². The normalized spacial score (nSPS) is 10.9. The molecule has 88 valence electrons. The zero-order valence-corrected chi connectivity index (χ0v) is 9.96. The Morgan fingerprint density at radius 1 is 1.07 bits per heavy atom. The standard InChI is InChI=1S/C11H20O4/c1-5-6-11(2,7-9(12)14-3)8-10(13)15-4/h5-8H2,1-4H3. The minimum absolute atomic E-state index is 0.256. The largest absolute Gasteiger partial charge is 0.469 e. The lowest BCUT2D eigenvalue weighted by molar-refractivity contribution is -0.147. The van der Waals surface area contributed by atoms with Crippen LogP contribution in [0.15, 0.2) is 0 Å². The van der Waals surface area contributed by atoms with Crippen molar-refractivity contribution >= 4 is 11.9 Å². The fraction of sp³-hybridized carbons (Fsp3) is 0.818. The maximum Gasteiger partial charge on any atom is 0.306 e. The van der Waals surface area contributed by atoms with E-state index in [2.05, 4.69) is 9.47 Å². The fourth-order valence-corrected chi connectivity index (χ4v) is 1.68. The number of rotatable bonds is 6. The summed E-state index contributed by atoms with van der Waals surface area (Å²) >= 11 is 0. The Hall–Kier alpha value is -1.06. The highest BCUT2D eigenvalue weighted by Gasteiger charge is 2.30. The second-order valence-corrected chi connectivity index (χ2v) is 4.07. The van der Waals surface area contributed by atoms with Crippen LogP contribution in [0.2, 0.25) is 0 Å². The first kappa shape index (κ1) is 13.9. The van der Waals surface area contributed by atoms with E-state index in [1.165, 1.54) is 14.2 Å². The molecule has 0 saturated carbocycles. The number of methoxy groups -OCH3 is 2. The monoisotopic (exact) mass is 216 g/mol. The third-order valence-electron chi connectivity index (χ3n) is 2.45. The Kier molecular flexibility index (Phi) is 5.97. The maximum atomic E-state index is 11.2. The van der Waals surface area contributed by atoms with Gasteiger partial charge in [-0.2, -0.15) is 0 Å². The smallest absolute Gasteiger partial charge is 0.306 e. The van der Waals surface area contributed by atoms with Gasteiger partial charge in [-0.3, -0.25) is 9.59 Å². The van der Waals surface area contributed by atoms with Crippen LogP contribution < -0.4 is 0 Å². The molecule has 0 radical (unpaired) electrons. The average molecular weight is 216 g/mol. The Morgan fingerprint density at radius 2 is 1.47 bits per heavy atom. The number of carbonyl (C=O) groups excluding carboxylic acids is 2. The molecule has 0 aromatic carbocycles. The first-order valence-corrected chi connectivity index (χ1v) is 5.11. The van der Waals surface area contributed by atoms with Crippen molar-refractivity contribution in [3.63, 3.8) is 0 Å². The number of hydrogen-bond donors (Lipinski definition) is 0. The molecular weight excluding hydrogens is 196 g/mol. The van der Waals surface area contributed by atoms with Crippen molar-refractivity contribution in [1.82, 2.24) is 0 Å². The molecule has 4 heteroatoms. The van der Waals surface area contributed by atoms with Crippen LogP contribution in [0.1, 0.15) is 39.5 Å². The lowest BCUT2D eigenvalue weighted by Crippen LogP contribution is -2.25. The van der Waals surface area contributed by atoms with E-state index < -0.39 is 0 Å². The van der Waals surface area contributed by atoms with Gasteiger partial charge in [0.05, 0.1) is 27.1 Å². The summed E-state index contributed by atoms with van der Waals surface area (Å²) < 4.78 is 9.23. The van der Waals surface area contributed by atoms with E-state index in [0.29, 0.717) is 0 Å². The van der Waals surface area contributed by atoms with Crippen molar-refractivity contribution in [2.45, 2.75) is 39.5 Å². The van der Waals surface area contributed by atoms with Crippen LogP contribution >= 0.6 is 0 Å². The van der Waals surface area contributed by atoms with Gasteiger partial charge >= 0.3 is 11.9 Å². The van der Waals surface area contributed by atoms with Gasteiger partial charge in [0.25, 0.3) is 0 Å². The third-order valence-corrected chi connectivity index (χ3v) is 2.45. The van der Waals surface area contributed by atoms with Crippen LogP contribution in [-0.2, 0) is 19.1 Å². The van der Waals surface area contributed by atoms with Crippen molar-refractivity contribution < 1.29 is 19.1 Å². The molecule has 0 rings (SSSR count). The highest BCUT2D eigenvalue weighted by atomic mass is 16.5. The molecule has 15 heavy (non-hydrogen) atoms. The van der Waals surface area contributed by atoms with E-state index in [0.717, 1.165) is 12.8 Å². The van der Waals surface area contributed by atoms with Crippen molar-refractivity contribution in [2.75, 3.05) is 14.2 Å². The van der Waals surface area contributed by atoms with Gasteiger partial charge in [0.2, 0.25) is 0 Å². The minimum Gasteiger partial charge on any atom is -0.469 e. The van der Waals surface area contributed by atoms with Crippen molar-refractivity contribution in [3.05, 3.63) is 0 Å². The first-order valence-electron chi connectivity index (χ1n) is 5.11. The Morgan fingerprint density at radius 3 is 1.73 bits per heavy atom. The molecule has 0 aliphatic rings. The number of esters is 2. The molecule has 0 N–H and O–H groups in total. The molecule has 0 aromatic heterocycles. The zero-order valence-electron chi connectivity index (χ0n) is 9.96. The molecule has 0 heterocycles. The summed E-state index contributed by atoms with van der Waals surface area (Å²) in [5, 5.41) is 0. The van der Waals surface area contributed by atoms with Crippen LogP contribution in [0.3, 0.4) is 0 Å². The van der Waals surface area contributed by atoms with Gasteiger partial charge in [-0.05, 0) is 11.8 Å². The second kappa shape index (κ2) is 6.43. The van der Waals surface area contributed by atoms with Crippen molar-refractivity contribution in [2.24, 2.45) is 5.41 Å². The predicted octanol–water partition coefficient (Wildman–Crippen LogP) is 1.92. The van der Waals surface area contributed by atoms with E-state index >= 15 is 0 Å². The molecule has 0 saturated heterocycles. The second-order valence-electron chi connectivity index (χ2n) is 4.07. The molecule has 0 aliphatic carbocycles. The lowest BCUT2D eigenvalue weighted by atomic mass is 9.79. The molecule has 4 nitrogen and oxygen atoms in total. The average Bonchev–Trinajstić information content (AvgIpc) is 2.17. The Balaban J connectivity index is 4.43.